The van der Waals surface area contributed by atoms with Crippen LogP contribution in [0.3, 0.4) is 0 Å². The number of aryl methyl sites for hydroxylation is 1. The summed E-state index contributed by atoms with van der Waals surface area (Å²) in [6.45, 7) is 1.98. The van der Waals surface area contributed by atoms with Crippen LogP contribution in [0.4, 0.5) is 0 Å². The van der Waals surface area contributed by atoms with Crippen molar-refractivity contribution in [1.82, 2.24) is 15.0 Å². The summed E-state index contributed by atoms with van der Waals surface area (Å²) in [5.74, 6) is 2.37. The molecular weight excluding hydrogens is 306 g/mol. The Morgan fingerprint density at radius 2 is 1.96 bits per heavy atom. The molecule has 1 aromatic carbocycles. The molecule has 0 N–H and O–H groups in total. The average Bonchev–Trinajstić information content (AvgIpc) is 2.60. The second-order valence-electron chi connectivity index (χ2n) is 5.03. The van der Waals surface area contributed by atoms with Crippen molar-refractivity contribution in [1.29, 1.82) is 0 Å². The highest BCUT2D eigenvalue weighted by molar-refractivity contribution is 7.98. The monoisotopic (exact) mass is 323 g/mol. The second kappa shape index (κ2) is 7.24. The molecule has 0 aliphatic heterocycles. The van der Waals surface area contributed by atoms with Gasteiger partial charge in [0.05, 0.1) is 7.11 Å². The van der Waals surface area contributed by atoms with Gasteiger partial charge in [-0.3, -0.25) is 4.98 Å². The number of nitrogens with zero attached hydrogens (tertiary/aromatic N) is 3. The van der Waals surface area contributed by atoms with Gasteiger partial charge in [-0.15, -0.1) is 11.8 Å². The Kier molecular flexibility index (Phi) is 4.88. The van der Waals surface area contributed by atoms with E-state index in [4.69, 9.17) is 4.74 Å². The maximum absolute atomic E-state index is 5.26. The lowest BCUT2D eigenvalue weighted by Crippen LogP contribution is -1.96. The Hall–Kier alpha value is -2.40. The molecule has 23 heavy (non-hydrogen) atoms. The van der Waals surface area contributed by atoms with Crippen LogP contribution < -0.4 is 4.74 Å². The summed E-state index contributed by atoms with van der Waals surface area (Å²) in [5, 5.41) is 0.945. The third kappa shape index (κ3) is 4.07. The lowest BCUT2D eigenvalue weighted by Gasteiger charge is -2.07. The van der Waals surface area contributed by atoms with Gasteiger partial charge in [-0.1, -0.05) is 18.2 Å². The number of methoxy groups -OCH3 is 1. The van der Waals surface area contributed by atoms with Crippen LogP contribution in [0, 0.1) is 6.92 Å². The molecular formula is C18H17N3OS. The van der Waals surface area contributed by atoms with Gasteiger partial charge in [-0.25, -0.2) is 9.97 Å². The quantitative estimate of drug-likeness (QED) is 0.521. The number of pyridine rings is 1. The van der Waals surface area contributed by atoms with Gasteiger partial charge in [0, 0.05) is 17.6 Å². The van der Waals surface area contributed by atoms with Crippen LogP contribution in [0.2, 0.25) is 0 Å². The zero-order valence-corrected chi connectivity index (χ0v) is 13.9. The molecule has 3 aromatic rings. The molecule has 3 rings (SSSR count). The first-order valence-electron chi connectivity index (χ1n) is 7.27. The zero-order chi connectivity index (χ0) is 16.1. The summed E-state index contributed by atoms with van der Waals surface area (Å²) in [5.41, 5.74) is 2.93. The van der Waals surface area contributed by atoms with E-state index < -0.39 is 0 Å². The van der Waals surface area contributed by atoms with Crippen LogP contribution in [0.15, 0.2) is 59.8 Å². The fourth-order valence-electron chi connectivity index (χ4n) is 2.14. The van der Waals surface area contributed by atoms with Crippen molar-refractivity contribution in [2.75, 3.05) is 7.11 Å². The van der Waals surface area contributed by atoms with E-state index in [1.165, 1.54) is 5.56 Å². The van der Waals surface area contributed by atoms with Crippen LogP contribution >= 0.6 is 11.8 Å². The zero-order valence-electron chi connectivity index (χ0n) is 13.1. The first kappa shape index (κ1) is 15.5. The van der Waals surface area contributed by atoms with Crippen molar-refractivity contribution in [2.24, 2.45) is 0 Å². The van der Waals surface area contributed by atoms with Gasteiger partial charge in [0.2, 0.25) is 0 Å². The van der Waals surface area contributed by atoms with Crippen molar-refractivity contribution in [3.63, 3.8) is 0 Å². The van der Waals surface area contributed by atoms with Crippen molar-refractivity contribution in [3.05, 3.63) is 66.0 Å². The van der Waals surface area contributed by atoms with E-state index in [0.29, 0.717) is 5.82 Å². The third-order valence-corrected chi connectivity index (χ3v) is 4.23. The SMILES string of the molecule is COc1cccc(CSc2cc(C)nc(-c3ccccn3)n2)c1. The Morgan fingerprint density at radius 1 is 1.04 bits per heavy atom. The average molecular weight is 323 g/mol. The van der Waals surface area contributed by atoms with Crippen LogP contribution in [0.25, 0.3) is 11.5 Å². The standard InChI is InChI=1S/C18H17N3OS/c1-13-10-17(21-18(20-13)16-8-3-4-9-19-16)23-12-14-6-5-7-15(11-14)22-2/h3-11H,12H2,1-2H3. The molecule has 0 amide bonds. The molecule has 5 heteroatoms. The minimum atomic E-state index is 0.666. The van der Waals surface area contributed by atoms with E-state index in [9.17, 15) is 0 Å². The van der Waals surface area contributed by atoms with E-state index >= 15 is 0 Å². The van der Waals surface area contributed by atoms with Gasteiger partial charge in [-0.05, 0) is 42.8 Å². The predicted octanol–water partition coefficient (Wildman–Crippen LogP) is 4.15. The molecule has 0 aliphatic carbocycles. The van der Waals surface area contributed by atoms with Crippen LogP contribution in [-0.4, -0.2) is 22.1 Å². The lowest BCUT2D eigenvalue weighted by molar-refractivity contribution is 0.414. The summed E-state index contributed by atoms with van der Waals surface area (Å²) in [7, 11) is 1.68. The van der Waals surface area contributed by atoms with Gasteiger partial charge in [0.1, 0.15) is 16.5 Å². The molecule has 0 saturated carbocycles. The smallest absolute Gasteiger partial charge is 0.179 e. The van der Waals surface area contributed by atoms with Crippen molar-refractivity contribution in [3.8, 4) is 17.3 Å². The maximum Gasteiger partial charge on any atom is 0.179 e. The molecule has 2 heterocycles. The highest BCUT2D eigenvalue weighted by atomic mass is 32.2. The van der Waals surface area contributed by atoms with Crippen LogP contribution in [-0.2, 0) is 5.75 Å². The molecule has 0 unspecified atom stereocenters. The third-order valence-electron chi connectivity index (χ3n) is 3.25. The summed E-state index contributed by atoms with van der Waals surface area (Å²) in [6.07, 6.45) is 1.75. The highest BCUT2D eigenvalue weighted by Crippen LogP contribution is 2.25. The maximum atomic E-state index is 5.26. The Morgan fingerprint density at radius 3 is 2.74 bits per heavy atom. The van der Waals surface area contributed by atoms with Gasteiger partial charge in [-0.2, -0.15) is 0 Å². The second-order valence-corrected chi connectivity index (χ2v) is 6.02. The molecule has 0 saturated heterocycles. The van der Waals surface area contributed by atoms with Gasteiger partial charge >= 0.3 is 0 Å². The first-order chi connectivity index (χ1) is 11.2. The highest BCUT2D eigenvalue weighted by Gasteiger charge is 2.07. The number of hydrogen-bond donors (Lipinski definition) is 0. The van der Waals surface area contributed by atoms with Gasteiger partial charge in [0.25, 0.3) is 0 Å². The Bertz CT molecular complexity index is 793. The largest absolute Gasteiger partial charge is 0.497 e. The minimum absolute atomic E-state index is 0.666. The van der Waals surface area contributed by atoms with Crippen LogP contribution in [0.1, 0.15) is 11.3 Å². The summed E-state index contributed by atoms with van der Waals surface area (Å²) in [4.78, 5) is 13.4. The molecule has 4 nitrogen and oxygen atoms in total. The molecule has 0 radical (unpaired) electrons. The molecule has 0 spiro atoms. The number of thioether (sulfide) groups is 1. The fraction of sp³-hybridized carbons (Fsp3) is 0.167. The molecule has 0 bridgehead atoms. The first-order valence-corrected chi connectivity index (χ1v) is 8.26. The Labute approximate surface area is 140 Å². The summed E-state index contributed by atoms with van der Waals surface area (Å²) >= 11 is 1.68. The topological polar surface area (TPSA) is 47.9 Å². The normalized spacial score (nSPS) is 10.5. The fourth-order valence-corrected chi connectivity index (χ4v) is 3.04. The molecule has 116 valence electrons. The number of aromatic nitrogens is 3. The van der Waals surface area contributed by atoms with Gasteiger partial charge < -0.3 is 4.74 Å². The van der Waals surface area contributed by atoms with Crippen molar-refractivity contribution >= 4 is 11.8 Å². The van der Waals surface area contributed by atoms with Crippen LogP contribution in [0.5, 0.6) is 5.75 Å². The number of ether oxygens (including phenoxy) is 1. The number of benzene rings is 1. The Balaban J connectivity index is 1.79. The molecule has 0 aliphatic rings. The summed E-state index contributed by atoms with van der Waals surface area (Å²) < 4.78 is 5.26. The molecule has 0 fully saturated rings. The van der Waals surface area contributed by atoms with E-state index in [-0.39, 0.29) is 0 Å². The van der Waals surface area contributed by atoms with Crippen molar-refractivity contribution in [2.45, 2.75) is 17.7 Å². The van der Waals surface area contributed by atoms with Crippen molar-refractivity contribution < 1.29 is 4.74 Å². The summed E-state index contributed by atoms with van der Waals surface area (Å²) in [6, 6.07) is 15.8. The van der Waals surface area contributed by atoms with Gasteiger partial charge in [0.15, 0.2) is 5.82 Å². The van der Waals surface area contributed by atoms with E-state index in [1.54, 1.807) is 25.1 Å². The molecule has 0 atom stereocenters. The molecule has 2 aromatic heterocycles. The number of rotatable bonds is 5. The van der Waals surface area contributed by atoms with E-state index in [2.05, 4.69) is 21.0 Å². The van der Waals surface area contributed by atoms with E-state index in [1.807, 2.05) is 49.4 Å². The number of hydrogen-bond acceptors (Lipinski definition) is 5. The van der Waals surface area contributed by atoms with E-state index in [0.717, 1.165) is 27.9 Å². The predicted molar refractivity (Wildman–Crippen MR) is 92.6 cm³/mol. The lowest BCUT2D eigenvalue weighted by atomic mass is 10.2. The minimum Gasteiger partial charge on any atom is -0.497 e.